The lowest BCUT2D eigenvalue weighted by Crippen LogP contribution is -2.08. The normalized spacial score (nSPS) is 11.0. The van der Waals surface area contributed by atoms with Crippen LogP contribution in [0.2, 0.25) is 0 Å². The van der Waals surface area contributed by atoms with Gasteiger partial charge in [0.1, 0.15) is 11.6 Å². The highest BCUT2D eigenvalue weighted by Crippen LogP contribution is 2.26. The predicted octanol–water partition coefficient (Wildman–Crippen LogP) is 3.99. The van der Waals surface area contributed by atoms with Crippen molar-refractivity contribution in [1.29, 1.82) is 0 Å². The standard InChI is InChI=1S/C18H11FN2O2/c19-12-7-5-11(6-8-12)15-9-10-16(23-15)17-20-14-4-2-1-3-13(14)18(22)21-17/h1-10H,(H,20,21,22). The molecule has 2 heterocycles. The number of nitrogens with one attached hydrogen (secondary N) is 1. The Morgan fingerprint density at radius 1 is 0.913 bits per heavy atom. The monoisotopic (exact) mass is 306 g/mol. The lowest BCUT2D eigenvalue weighted by atomic mass is 10.2. The van der Waals surface area contributed by atoms with Gasteiger partial charge in [-0.05, 0) is 48.5 Å². The molecule has 4 rings (SSSR count). The number of nitrogens with zero attached hydrogens (tertiary/aromatic N) is 1. The number of benzene rings is 2. The zero-order valence-corrected chi connectivity index (χ0v) is 11.9. The number of hydrogen-bond donors (Lipinski definition) is 1. The molecule has 0 saturated heterocycles. The molecule has 0 bridgehead atoms. The van der Waals surface area contributed by atoms with Crippen LogP contribution in [0.1, 0.15) is 0 Å². The number of furan rings is 1. The molecule has 0 aliphatic carbocycles. The van der Waals surface area contributed by atoms with Gasteiger partial charge in [-0.3, -0.25) is 4.79 Å². The van der Waals surface area contributed by atoms with Gasteiger partial charge in [0.25, 0.3) is 5.56 Å². The summed E-state index contributed by atoms with van der Waals surface area (Å²) in [7, 11) is 0. The van der Waals surface area contributed by atoms with Crippen molar-refractivity contribution in [2.75, 3.05) is 0 Å². The second-order valence-corrected chi connectivity index (χ2v) is 5.10. The summed E-state index contributed by atoms with van der Waals surface area (Å²) >= 11 is 0. The fourth-order valence-corrected chi connectivity index (χ4v) is 2.44. The molecule has 0 atom stereocenters. The van der Waals surface area contributed by atoms with E-state index in [-0.39, 0.29) is 11.4 Å². The van der Waals surface area contributed by atoms with Crippen molar-refractivity contribution in [3.8, 4) is 22.9 Å². The summed E-state index contributed by atoms with van der Waals surface area (Å²) in [6.45, 7) is 0. The van der Waals surface area contributed by atoms with E-state index in [1.165, 1.54) is 12.1 Å². The van der Waals surface area contributed by atoms with Crippen LogP contribution < -0.4 is 5.56 Å². The van der Waals surface area contributed by atoms with Gasteiger partial charge in [0.15, 0.2) is 11.6 Å². The molecule has 0 aliphatic heterocycles. The third kappa shape index (κ3) is 2.42. The quantitative estimate of drug-likeness (QED) is 0.609. The number of fused-ring (bicyclic) bond motifs is 1. The lowest BCUT2D eigenvalue weighted by Gasteiger charge is -2.00. The molecule has 4 aromatic rings. The number of rotatable bonds is 2. The Morgan fingerprint density at radius 2 is 1.65 bits per heavy atom. The van der Waals surface area contributed by atoms with Crippen molar-refractivity contribution < 1.29 is 8.81 Å². The Morgan fingerprint density at radius 3 is 2.48 bits per heavy atom. The molecule has 0 fully saturated rings. The highest BCUT2D eigenvalue weighted by Gasteiger charge is 2.11. The summed E-state index contributed by atoms with van der Waals surface area (Å²) in [5.41, 5.74) is 1.14. The maximum absolute atomic E-state index is 13.0. The third-order valence-electron chi connectivity index (χ3n) is 3.58. The van der Waals surface area contributed by atoms with Crippen molar-refractivity contribution in [3.05, 3.63) is 76.8 Å². The van der Waals surface area contributed by atoms with Crippen LogP contribution in [0.5, 0.6) is 0 Å². The molecule has 0 aliphatic rings. The van der Waals surface area contributed by atoms with E-state index in [0.29, 0.717) is 28.2 Å². The van der Waals surface area contributed by atoms with Crippen LogP contribution in [-0.2, 0) is 0 Å². The van der Waals surface area contributed by atoms with Crippen molar-refractivity contribution in [2.24, 2.45) is 0 Å². The maximum atomic E-state index is 13.0. The molecule has 112 valence electrons. The van der Waals surface area contributed by atoms with Crippen LogP contribution in [0.15, 0.2) is 69.9 Å². The molecule has 0 spiro atoms. The minimum atomic E-state index is -0.305. The topological polar surface area (TPSA) is 58.9 Å². The van der Waals surface area contributed by atoms with E-state index in [9.17, 15) is 9.18 Å². The first-order chi connectivity index (χ1) is 11.2. The molecular weight excluding hydrogens is 295 g/mol. The minimum absolute atomic E-state index is 0.217. The molecule has 0 unspecified atom stereocenters. The van der Waals surface area contributed by atoms with E-state index in [1.807, 2.05) is 6.07 Å². The fraction of sp³-hybridized carbons (Fsp3) is 0. The van der Waals surface area contributed by atoms with Crippen LogP contribution in [0.3, 0.4) is 0 Å². The number of aromatic nitrogens is 2. The number of hydrogen-bond acceptors (Lipinski definition) is 3. The van der Waals surface area contributed by atoms with E-state index in [1.54, 1.807) is 42.5 Å². The van der Waals surface area contributed by atoms with Gasteiger partial charge in [0.2, 0.25) is 0 Å². The molecule has 4 nitrogen and oxygen atoms in total. The number of aromatic amines is 1. The van der Waals surface area contributed by atoms with E-state index in [0.717, 1.165) is 5.56 Å². The highest BCUT2D eigenvalue weighted by molar-refractivity contribution is 5.79. The van der Waals surface area contributed by atoms with Crippen molar-refractivity contribution in [3.63, 3.8) is 0 Å². The zero-order valence-electron chi connectivity index (χ0n) is 11.9. The van der Waals surface area contributed by atoms with Crippen LogP contribution in [0.4, 0.5) is 4.39 Å². The number of halogens is 1. The first-order valence-corrected chi connectivity index (χ1v) is 7.06. The summed E-state index contributed by atoms with van der Waals surface area (Å²) in [4.78, 5) is 19.2. The Labute approximate surface area is 130 Å². The first-order valence-electron chi connectivity index (χ1n) is 7.06. The molecule has 2 aromatic heterocycles. The van der Waals surface area contributed by atoms with Gasteiger partial charge >= 0.3 is 0 Å². The summed E-state index contributed by atoms with van der Waals surface area (Å²) in [5.74, 6) is 1.09. The van der Waals surface area contributed by atoms with Crippen LogP contribution in [-0.4, -0.2) is 9.97 Å². The van der Waals surface area contributed by atoms with E-state index < -0.39 is 0 Å². The molecule has 2 aromatic carbocycles. The molecule has 5 heteroatoms. The van der Waals surface area contributed by atoms with Gasteiger partial charge in [-0.2, -0.15) is 0 Å². The fourth-order valence-electron chi connectivity index (χ4n) is 2.44. The smallest absolute Gasteiger partial charge is 0.259 e. The van der Waals surface area contributed by atoms with Gasteiger partial charge in [-0.25, -0.2) is 9.37 Å². The average molecular weight is 306 g/mol. The third-order valence-corrected chi connectivity index (χ3v) is 3.58. The second-order valence-electron chi connectivity index (χ2n) is 5.10. The van der Waals surface area contributed by atoms with Crippen LogP contribution >= 0.6 is 0 Å². The Hall–Kier alpha value is -3.21. The average Bonchev–Trinajstić information content (AvgIpc) is 3.05. The van der Waals surface area contributed by atoms with Crippen molar-refractivity contribution in [2.45, 2.75) is 0 Å². The van der Waals surface area contributed by atoms with Gasteiger partial charge in [0.05, 0.1) is 10.9 Å². The molecular formula is C18H11FN2O2. The van der Waals surface area contributed by atoms with Gasteiger partial charge in [0, 0.05) is 5.56 Å². The van der Waals surface area contributed by atoms with E-state index in [4.69, 9.17) is 4.42 Å². The first kappa shape index (κ1) is 13.5. The zero-order chi connectivity index (χ0) is 15.8. The number of para-hydroxylation sites is 1. The molecule has 0 saturated carbocycles. The summed E-state index contributed by atoms with van der Waals surface area (Å²) in [6, 6.07) is 16.6. The lowest BCUT2D eigenvalue weighted by molar-refractivity contribution is 0.591. The summed E-state index contributed by atoms with van der Waals surface area (Å²) < 4.78 is 18.7. The van der Waals surface area contributed by atoms with Crippen molar-refractivity contribution in [1.82, 2.24) is 9.97 Å². The van der Waals surface area contributed by atoms with E-state index in [2.05, 4.69) is 9.97 Å². The second kappa shape index (κ2) is 5.21. The Kier molecular flexibility index (Phi) is 3.05. The Balaban J connectivity index is 1.80. The van der Waals surface area contributed by atoms with Crippen molar-refractivity contribution >= 4 is 10.9 Å². The summed E-state index contributed by atoms with van der Waals surface area (Å²) in [6.07, 6.45) is 0. The number of H-pyrrole nitrogens is 1. The maximum Gasteiger partial charge on any atom is 0.259 e. The van der Waals surface area contributed by atoms with Gasteiger partial charge in [-0.1, -0.05) is 12.1 Å². The van der Waals surface area contributed by atoms with Gasteiger partial charge in [-0.15, -0.1) is 0 Å². The predicted molar refractivity (Wildman–Crippen MR) is 85.5 cm³/mol. The summed E-state index contributed by atoms with van der Waals surface area (Å²) in [5, 5.41) is 0.529. The molecule has 1 N–H and O–H groups in total. The minimum Gasteiger partial charge on any atom is -0.453 e. The Bertz CT molecular complexity index is 1050. The molecule has 0 radical (unpaired) electrons. The van der Waals surface area contributed by atoms with E-state index >= 15 is 0 Å². The van der Waals surface area contributed by atoms with Gasteiger partial charge < -0.3 is 9.40 Å². The largest absolute Gasteiger partial charge is 0.453 e. The van der Waals surface area contributed by atoms with Crippen LogP contribution in [0, 0.1) is 5.82 Å². The van der Waals surface area contributed by atoms with Crippen LogP contribution in [0.25, 0.3) is 33.8 Å². The molecule has 23 heavy (non-hydrogen) atoms. The SMILES string of the molecule is O=c1[nH]c(-c2ccc(-c3ccc(F)cc3)o2)nc2ccccc12. The highest BCUT2D eigenvalue weighted by atomic mass is 19.1. The molecule has 0 amide bonds.